The number of allylic oxidation sites excluding steroid dienone is 1. The van der Waals surface area contributed by atoms with Gasteiger partial charge >= 0.3 is 0 Å². The summed E-state index contributed by atoms with van der Waals surface area (Å²) >= 11 is 12.2. The SMILES string of the molecule is Clc1ccc(Cl)c(-c2ccc3c(c2)C=CC3)c1. The van der Waals surface area contributed by atoms with Crippen molar-refractivity contribution >= 4 is 29.3 Å². The molecule has 0 saturated heterocycles. The van der Waals surface area contributed by atoms with Crippen molar-refractivity contribution in [3.05, 3.63) is 63.6 Å². The molecule has 0 fully saturated rings. The molecule has 1 aliphatic rings. The predicted molar refractivity (Wildman–Crippen MR) is 74.6 cm³/mol. The zero-order valence-corrected chi connectivity index (χ0v) is 10.6. The molecule has 17 heavy (non-hydrogen) atoms. The highest BCUT2D eigenvalue weighted by Gasteiger charge is 2.09. The van der Waals surface area contributed by atoms with E-state index in [-0.39, 0.29) is 0 Å². The van der Waals surface area contributed by atoms with Crippen LogP contribution in [0.25, 0.3) is 17.2 Å². The highest BCUT2D eigenvalue weighted by molar-refractivity contribution is 6.35. The van der Waals surface area contributed by atoms with Gasteiger partial charge in [0.1, 0.15) is 0 Å². The van der Waals surface area contributed by atoms with Crippen molar-refractivity contribution in [2.45, 2.75) is 6.42 Å². The summed E-state index contributed by atoms with van der Waals surface area (Å²) in [4.78, 5) is 0. The molecular formula is C15H10Cl2. The third-order valence-electron chi connectivity index (χ3n) is 3.02. The largest absolute Gasteiger partial charge is 0.0843 e. The fourth-order valence-corrected chi connectivity index (χ4v) is 2.53. The van der Waals surface area contributed by atoms with Crippen molar-refractivity contribution in [1.82, 2.24) is 0 Å². The standard InChI is InChI=1S/C15H10Cl2/c16-13-6-7-15(17)14(9-13)12-5-4-10-2-1-3-11(10)8-12/h1,3-9H,2H2. The molecule has 0 spiro atoms. The first kappa shape index (κ1) is 10.9. The van der Waals surface area contributed by atoms with E-state index in [1.54, 1.807) is 6.07 Å². The van der Waals surface area contributed by atoms with Gasteiger partial charge in [-0.15, -0.1) is 0 Å². The summed E-state index contributed by atoms with van der Waals surface area (Å²) in [5.74, 6) is 0. The second kappa shape index (κ2) is 4.21. The van der Waals surface area contributed by atoms with E-state index in [0.29, 0.717) is 5.02 Å². The molecule has 0 bridgehead atoms. The Hall–Kier alpha value is -1.24. The molecule has 0 aromatic heterocycles. The number of hydrogen-bond acceptors (Lipinski definition) is 0. The van der Waals surface area contributed by atoms with Crippen LogP contribution in [0.15, 0.2) is 42.5 Å². The first-order valence-electron chi connectivity index (χ1n) is 5.49. The van der Waals surface area contributed by atoms with Crippen LogP contribution in [0.5, 0.6) is 0 Å². The van der Waals surface area contributed by atoms with E-state index in [0.717, 1.165) is 22.6 Å². The van der Waals surface area contributed by atoms with Gasteiger partial charge in [0.25, 0.3) is 0 Å². The monoisotopic (exact) mass is 260 g/mol. The molecule has 0 unspecified atom stereocenters. The van der Waals surface area contributed by atoms with Gasteiger partial charge in [-0.05, 0) is 47.4 Å². The van der Waals surface area contributed by atoms with E-state index in [2.05, 4.69) is 30.4 Å². The Morgan fingerprint density at radius 2 is 1.82 bits per heavy atom. The molecule has 0 atom stereocenters. The number of hydrogen-bond donors (Lipinski definition) is 0. The van der Waals surface area contributed by atoms with Gasteiger partial charge in [-0.1, -0.05) is 47.5 Å². The van der Waals surface area contributed by atoms with Crippen LogP contribution >= 0.6 is 23.2 Å². The van der Waals surface area contributed by atoms with Crippen LogP contribution < -0.4 is 0 Å². The van der Waals surface area contributed by atoms with Crippen LogP contribution in [0, 0.1) is 0 Å². The molecule has 2 aromatic rings. The predicted octanol–water partition coefficient (Wildman–Crippen LogP) is 5.23. The summed E-state index contributed by atoms with van der Waals surface area (Å²) < 4.78 is 0. The molecule has 2 aromatic carbocycles. The van der Waals surface area contributed by atoms with Gasteiger partial charge in [0.05, 0.1) is 0 Å². The summed E-state index contributed by atoms with van der Waals surface area (Å²) in [5, 5.41) is 1.44. The number of halogens is 2. The molecule has 0 heterocycles. The summed E-state index contributed by atoms with van der Waals surface area (Å²) in [7, 11) is 0. The normalized spacial score (nSPS) is 12.8. The molecule has 0 N–H and O–H groups in total. The lowest BCUT2D eigenvalue weighted by atomic mass is 10.0. The molecule has 0 amide bonds. The van der Waals surface area contributed by atoms with Crippen molar-refractivity contribution in [2.24, 2.45) is 0 Å². The van der Waals surface area contributed by atoms with Gasteiger partial charge in [0.15, 0.2) is 0 Å². The summed E-state index contributed by atoms with van der Waals surface area (Å²) in [6.45, 7) is 0. The minimum absolute atomic E-state index is 0.709. The minimum atomic E-state index is 0.709. The molecule has 0 nitrogen and oxygen atoms in total. The third-order valence-corrected chi connectivity index (χ3v) is 3.59. The van der Waals surface area contributed by atoms with Gasteiger partial charge < -0.3 is 0 Å². The lowest BCUT2D eigenvalue weighted by molar-refractivity contribution is 1.31. The van der Waals surface area contributed by atoms with E-state index in [9.17, 15) is 0 Å². The molecule has 1 aliphatic carbocycles. The first-order valence-corrected chi connectivity index (χ1v) is 6.24. The maximum absolute atomic E-state index is 6.21. The van der Waals surface area contributed by atoms with Crippen LogP contribution in [0.1, 0.15) is 11.1 Å². The molecule has 84 valence electrons. The number of fused-ring (bicyclic) bond motifs is 1. The van der Waals surface area contributed by atoms with E-state index < -0.39 is 0 Å². The van der Waals surface area contributed by atoms with Gasteiger partial charge in [-0.3, -0.25) is 0 Å². The quantitative estimate of drug-likeness (QED) is 0.659. The topological polar surface area (TPSA) is 0 Å². The van der Waals surface area contributed by atoms with Crippen molar-refractivity contribution in [1.29, 1.82) is 0 Å². The summed E-state index contributed by atoms with van der Waals surface area (Å²) in [6.07, 6.45) is 5.35. The summed E-state index contributed by atoms with van der Waals surface area (Å²) in [5.41, 5.74) is 4.75. The van der Waals surface area contributed by atoms with E-state index in [1.165, 1.54) is 11.1 Å². The Labute approximate surface area is 110 Å². The minimum Gasteiger partial charge on any atom is -0.0843 e. The van der Waals surface area contributed by atoms with Gasteiger partial charge in [-0.2, -0.15) is 0 Å². The first-order chi connectivity index (χ1) is 8.24. The van der Waals surface area contributed by atoms with Crippen molar-refractivity contribution in [3.63, 3.8) is 0 Å². The Bertz CT molecular complexity index is 612. The molecule has 0 aliphatic heterocycles. The van der Waals surface area contributed by atoms with E-state index in [1.807, 2.05) is 12.1 Å². The maximum atomic E-state index is 6.21. The smallest absolute Gasteiger partial charge is 0.0485 e. The van der Waals surface area contributed by atoms with E-state index >= 15 is 0 Å². The molecular weight excluding hydrogens is 251 g/mol. The van der Waals surface area contributed by atoms with Crippen LogP contribution in [0.2, 0.25) is 10.0 Å². The maximum Gasteiger partial charge on any atom is 0.0485 e. The van der Waals surface area contributed by atoms with Crippen molar-refractivity contribution in [3.8, 4) is 11.1 Å². The fraction of sp³-hybridized carbons (Fsp3) is 0.0667. The fourth-order valence-electron chi connectivity index (χ4n) is 2.14. The Balaban J connectivity index is 2.15. The average molecular weight is 261 g/mol. The molecule has 2 heteroatoms. The molecule has 0 radical (unpaired) electrons. The van der Waals surface area contributed by atoms with Crippen molar-refractivity contribution < 1.29 is 0 Å². The Kier molecular flexibility index (Phi) is 2.70. The van der Waals surface area contributed by atoms with Crippen LogP contribution in [-0.2, 0) is 6.42 Å². The van der Waals surface area contributed by atoms with Crippen LogP contribution in [-0.4, -0.2) is 0 Å². The van der Waals surface area contributed by atoms with Gasteiger partial charge in [-0.25, -0.2) is 0 Å². The summed E-state index contributed by atoms with van der Waals surface area (Å²) in [6, 6.07) is 12.0. The van der Waals surface area contributed by atoms with Gasteiger partial charge in [0.2, 0.25) is 0 Å². The number of benzene rings is 2. The highest BCUT2D eigenvalue weighted by atomic mass is 35.5. The Morgan fingerprint density at radius 1 is 0.941 bits per heavy atom. The molecule has 0 saturated carbocycles. The second-order valence-corrected chi connectivity index (χ2v) is 4.99. The van der Waals surface area contributed by atoms with E-state index in [4.69, 9.17) is 23.2 Å². The zero-order chi connectivity index (χ0) is 11.8. The lowest BCUT2D eigenvalue weighted by Gasteiger charge is -2.07. The molecule has 3 rings (SSSR count). The average Bonchev–Trinajstić information content (AvgIpc) is 2.79. The Morgan fingerprint density at radius 3 is 2.71 bits per heavy atom. The van der Waals surface area contributed by atoms with Crippen LogP contribution in [0.3, 0.4) is 0 Å². The zero-order valence-electron chi connectivity index (χ0n) is 9.08. The highest BCUT2D eigenvalue weighted by Crippen LogP contribution is 2.33. The second-order valence-electron chi connectivity index (χ2n) is 4.14. The lowest BCUT2D eigenvalue weighted by Crippen LogP contribution is -1.85. The van der Waals surface area contributed by atoms with Crippen molar-refractivity contribution in [2.75, 3.05) is 0 Å². The van der Waals surface area contributed by atoms with Gasteiger partial charge in [0, 0.05) is 15.6 Å². The van der Waals surface area contributed by atoms with Crippen LogP contribution in [0.4, 0.5) is 0 Å². The number of rotatable bonds is 1. The third kappa shape index (κ3) is 1.99.